The molecule has 0 spiro atoms. The Kier molecular flexibility index (Phi) is 2.48. The summed E-state index contributed by atoms with van der Waals surface area (Å²) in [7, 11) is 0. The maximum absolute atomic E-state index is 3.64. The van der Waals surface area contributed by atoms with Crippen LogP contribution in [0.4, 0.5) is 0 Å². The van der Waals surface area contributed by atoms with Crippen molar-refractivity contribution in [2.24, 2.45) is 0 Å². The number of aromatic nitrogens is 1. The Morgan fingerprint density at radius 1 is 0.692 bits per heavy atom. The summed E-state index contributed by atoms with van der Waals surface area (Å²) >= 11 is 0. The largest absolute Gasteiger partial charge is 0.354 e. The molecule has 1 nitrogen and oxygen atoms in total. The molecule has 1 aromatic heterocycles. The highest BCUT2D eigenvalue weighted by Crippen LogP contribution is 2.51. The molecular formula is C25H19N. The molecule has 1 aliphatic rings. The number of rotatable bonds is 0. The van der Waals surface area contributed by atoms with Gasteiger partial charge in [0, 0.05) is 32.8 Å². The predicted octanol–water partition coefficient (Wildman–Crippen LogP) is 6.78. The summed E-state index contributed by atoms with van der Waals surface area (Å²) in [6.45, 7) is 4.70. The summed E-state index contributed by atoms with van der Waals surface area (Å²) in [5.74, 6) is 0. The smallest absolute Gasteiger partial charge is 0.0477 e. The highest BCUT2D eigenvalue weighted by molar-refractivity contribution is 6.23. The van der Waals surface area contributed by atoms with Gasteiger partial charge >= 0.3 is 0 Å². The number of fused-ring (bicyclic) bond motifs is 6. The van der Waals surface area contributed by atoms with E-state index in [-0.39, 0.29) is 5.41 Å². The van der Waals surface area contributed by atoms with Crippen LogP contribution in [0.25, 0.3) is 43.7 Å². The van der Waals surface area contributed by atoms with E-state index in [1.54, 1.807) is 0 Å². The monoisotopic (exact) mass is 333 g/mol. The SMILES string of the molecule is CC1(C)c2ccccc2-c2c3c1cccc3cc1[nH]c3ccccc3c21. The minimum absolute atomic E-state index is 0.00287. The summed E-state index contributed by atoms with van der Waals surface area (Å²) < 4.78 is 0. The molecule has 124 valence electrons. The molecule has 0 amide bonds. The third-order valence-electron chi connectivity index (χ3n) is 6.17. The minimum Gasteiger partial charge on any atom is -0.354 e. The molecule has 1 N–H and O–H groups in total. The van der Waals surface area contributed by atoms with E-state index in [1.807, 2.05) is 0 Å². The number of para-hydroxylation sites is 1. The van der Waals surface area contributed by atoms with Gasteiger partial charge in [-0.15, -0.1) is 0 Å². The van der Waals surface area contributed by atoms with E-state index in [0.29, 0.717) is 0 Å². The quantitative estimate of drug-likeness (QED) is 0.321. The minimum atomic E-state index is 0.00287. The van der Waals surface area contributed by atoms with Gasteiger partial charge in [0.1, 0.15) is 0 Å². The van der Waals surface area contributed by atoms with Gasteiger partial charge in [-0.05, 0) is 39.6 Å². The van der Waals surface area contributed by atoms with Crippen molar-refractivity contribution >= 4 is 32.6 Å². The Bertz CT molecular complexity index is 1350. The molecule has 0 saturated carbocycles. The van der Waals surface area contributed by atoms with Gasteiger partial charge in [0.15, 0.2) is 0 Å². The molecule has 0 atom stereocenters. The Morgan fingerprint density at radius 3 is 2.38 bits per heavy atom. The summed E-state index contributed by atoms with van der Waals surface area (Å²) in [5.41, 5.74) is 8.03. The standard InChI is InChI=1S/C25H19N/c1-25(2)18-11-5-3-9-16(18)24-22-15(8-7-12-19(22)25)14-21-23(24)17-10-4-6-13-20(17)26-21/h3-14,26H,1-2H3. The van der Waals surface area contributed by atoms with Crippen LogP contribution in [0, 0.1) is 0 Å². The van der Waals surface area contributed by atoms with E-state index in [0.717, 1.165) is 0 Å². The van der Waals surface area contributed by atoms with Crippen LogP contribution in [-0.2, 0) is 5.41 Å². The first-order chi connectivity index (χ1) is 12.7. The Balaban J connectivity index is 1.99. The van der Waals surface area contributed by atoms with Crippen molar-refractivity contribution in [2.45, 2.75) is 19.3 Å². The second-order valence-electron chi connectivity index (χ2n) is 7.92. The van der Waals surface area contributed by atoms with E-state index >= 15 is 0 Å². The molecule has 0 fully saturated rings. The number of H-pyrrole nitrogens is 1. The second kappa shape index (κ2) is 4.56. The Morgan fingerprint density at radius 2 is 1.46 bits per heavy atom. The lowest BCUT2D eigenvalue weighted by Crippen LogP contribution is -2.23. The Labute approximate surface area is 152 Å². The lowest BCUT2D eigenvalue weighted by atomic mass is 9.68. The third-order valence-corrected chi connectivity index (χ3v) is 6.17. The molecule has 4 aromatic carbocycles. The summed E-state index contributed by atoms with van der Waals surface area (Å²) in [6, 6.07) is 26.7. The van der Waals surface area contributed by atoms with Crippen LogP contribution in [0.15, 0.2) is 72.8 Å². The molecule has 0 bridgehead atoms. The van der Waals surface area contributed by atoms with Gasteiger partial charge in [0.05, 0.1) is 0 Å². The maximum Gasteiger partial charge on any atom is 0.0477 e. The van der Waals surface area contributed by atoms with E-state index in [1.165, 1.54) is 54.8 Å². The predicted molar refractivity (Wildman–Crippen MR) is 111 cm³/mol. The fourth-order valence-corrected chi connectivity index (χ4v) is 4.97. The van der Waals surface area contributed by atoms with Crippen LogP contribution < -0.4 is 0 Å². The summed E-state index contributed by atoms with van der Waals surface area (Å²) in [4.78, 5) is 3.64. The molecule has 1 aliphatic carbocycles. The maximum atomic E-state index is 3.64. The Hall–Kier alpha value is -3.06. The van der Waals surface area contributed by atoms with Crippen LogP contribution in [0.5, 0.6) is 0 Å². The number of hydrogen-bond donors (Lipinski definition) is 1. The van der Waals surface area contributed by atoms with E-state index < -0.39 is 0 Å². The molecule has 6 rings (SSSR count). The number of benzene rings is 4. The zero-order valence-corrected chi connectivity index (χ0v) is 14.9. The fourth-order valence-electron chi connectivity index (χ4n) is 4.97. The highest BCUT2D eigenvalue weighted by Gasteiger charge is 2.34. The second-order valence-corrected chi connectivity index (χ2v) is 7.92. The lowest BCUT2D eigenvalue weighted by Gasteiger charge is -2.35. The van der Waals surface area contributed by atoms with Gasteiger partial charge in [-0.25, -0.2) is 0 Å². The lowest BCUT2D eigenvalue weighted by molar-refractivity contribution is 0.645. The molecule has 0 radical (unpaired) electrons. The molecular weight excluding hydrogens is 314 g/mol. The van der Waals surface area contributed by atoms with Crippen LogP contribution in [0.2, 0.25) is 0 Å². The van der Waals surface area contributed by atoms with E-state index in [9.17, 15) is 0 Å². The van der Waals surface area contributed by atoms with Gasteiger partial charge in [-0.1, -0.05) is 74.5 Å². The van der Waals surface area contributed by atoms with Crippen molar-refractivity contribution < 1.29 is 0 Å². The molecule has 1 heteroatoms. The first-order valence-electron chi connectivity index (χ1n) is 9.23. The van der Waals surface area contributed by atoms with Crippen molar-refractivity contribution in [3.8, 4) is 11.1 Å². The van der Waals surface area contributed by atoms with Crippen LogP contribution in [0.3, 0.4) is 0 Å². The van der Waals surface area contributed by atoms with Crippen molar-refractivity contribution in [2.75, 3.05) is 0 Å². The summed E-state index contributed by atoms with van der Waals surface area (Å²) in [5, 5.41) is 5.39. The van der Waals surface area contributed by atoms with Crippen molar-refractivity contribution in [3.63, 3.8) is 0 Å². The number of nitrogens with one attached hydrogen (secondary N) is 1. The van der Waals surface area contributed by atoms with Gasteiger partial charge in [0.2, 0.25) is 0 Å². The van der Waals surface area contributed by atoms with Gasteiger partial charge < -0.3 is 4.98 Å². The molecule has 5 aromatic rings. The van der Waals surface area contributed by atoms with E-state index in [4.69, 9.17) is 0 Å². The number of aromatic amines is 1. The molecule has 0 aliphatic heterocycles. The van der Waals surface area contributed by atoms with Crippen molar-refractivity contribution in [1.82, 2.24) is 4.98 Å². The van der Waals surface area contributed by atoms with Gasteiger partial charge in [-0.3, -0.25) is 0 Å². The first kappa shape index (κ1) is 14.1. The van der Waals surface area contributed by atoms with E-state index in [2.05, 4.69) is 91.6 Å². The van der Waals surface area contributed by atoms with Crippen LogP contribution in [0.1, 0.15) is 25.0 Å². The third kappa shape index (κ3) is 1.56. The molecule has 26 heavy (non-hydrogen) atoms. The van der Waals surface area contributed by atoms with Gasteiger partial charge in [-0.2, -0.15) is 0 Å². The molecule has 1 heterocycles. The molecule has 0 saturated heterocycles. The number of hydrogen-bond acceptors (Lipinski definition) is 0. The molecule has 0 unspecified atom stereocenters. The first-order valence-corrected chi connectivity index (χ1v) is 9.23. The average molecular weight is 333 g/mol. The zero-order chi connectivity index (χ0) is 17.5. The van der Waals surface area contributed by atoms with Crippen molar-refractivity contribution in [3.05, 3.63) is 83.9 Å². The topological polar surface area (TPSA) is 15.8 Å². The summed E-state index contributed by atoms with van der Waals surface area (Å²) in [6.07, 6.45) is 0. The van der Waals surface area contributed by atoms with Crippen molar-refractivity contribution in [1.29, 1.82) is 0 Å². The average Bonchev–Trinajstić information content (AvgIpc) is 3.03. The van der Waals surface area contributed by atoms with Crippen LogP contribution >= 0.6 is 0 Å². The fraction of sp³-hybridized carbons (Fsp3) is 0.120. The zero-order valence-electron chi connectivity index (χ0n) is 14.9. The van der Waals surface area contributed by atoms with Gasteiger partial charge in [0.25, 0.3) is 0 Å². The normalized spacial score (nSPS) is 14.8. The van der Waals surface area contributed by atoms with Crippen LogP contribution in [-0.4, -0.2) is 4.98 Å². The highest BCUT2D eigenvalue weighted by atomic mass is 14.7.